The molecule has 102 valence electrons. The van der Waals surface area contributed by atoms with Gasteiger partial charge in [-0.05, 0) is 18.9 Å². The summed E-state index contributed by atoms with van der Waals surface area (Å²) in [7, 11) is 1.73. The van der Waals surface area contributed by atoms with E-state index in [4.69, 9.17) is 4.74 Å². The number of ether oxygens (including phenoxy) is 1. The van der Waals surface area contributed by atoms with Gasteiger partial charge in [-0.3, -0.25) is 5.10 Å². The van der Waals surface area contributed by atoms with E-state index < -0.39 is 0 Å². The molecule has 0 bridgehead atoms. The van der Waals surface area contributed by atoms with Gasteiger partial charge in [-0.1, -0.05) is 30.3 Å². The normalized spacial score (nSPS) is 12.5. The first-order valence-corrected chi connectivity index (χ1v) is 6.61. The molecule has 19 heavy (non-hydrogen) atoms. The van der Waals surface area contributed by atoms with E-state index in [1.807, 2.05) is 24.4 Å². The predicted octanol–water partition coefficient (Wildman–Crippen LogP) is 2.59. The van der Waals surface area contributed by atoms with Gasteiger partial charge >= 0.3 is 0 Å². The van der Waals surface area contributed by atoms with Crippen molar-refractivity contribution >= 4 is 0 Å². The molecule has 0 fully saturated rings. The quantitative estimate of drug-likeness (QED) is 0.803. The number of H-pyrrole nitrogens is 1. The van der Waals surface area contributed by atoms with Crippen molar-refractivity contribution in [2.75, 3.05) is 13.7 Å². The Morgan fingerprint density at radius 3 is 2.84 bits per heavy atom. The van der Waals surface area contributed by atoms with Gasteiger partial charge in [-0.2, -0.15) is 5.10 Å². The highest BCUT2D eigenvalue weighted by Gasteiger charge is 2.08. The van der Waals surface area contributed by atoms with E-state index in [0.717, 1.165) is 25.3 Å². The number of aromatic nitrogens is 2. The lowest BCUT2D eigenvalue weighted by molar-refractivity contribution is 0.184. The summed E-state index contributed by atoms with van der Waals surface area (Å²) >= 11 is 0. The second-order valence-corrected chi connectivity index (χ2v) is 4.70. The summed E-state index contributed by atoms with van der Waals surface area (Å²) in [4.78, 5) is 0. The Hall–Kier alpha value is -1.65. The fraction of sp³-hybridized carbons (Fsp3) is 0.400. The van der Waals surface area contributed by atoms with Crippen LogP contribution in [0, 0.1) is 0 Å². The average molecular weight is 259 g/mol. The Bertz CT molecular complexity index is 481. The summed E-state index contributed by atoms with van der Waals surface area (Å²) in [5.41, 5.74) is 3.45. The van der Waals surface area contributed by atoms with Crippen molar-refractivity contribution in [3.05, 3.63) is 42.1 Å². The zero-order valence-corrected chi connectivity index (χ0v) is 11.5. The molecule has 1 unspecified atom stereocenters. The van der Waals surface area contributed by atoms with Crippen molar-refractivity contribution in [2.45, 2.75) is 25.9 Å². The number of nitrogens with one attached hydrogen (secondary N) is 2. The summed E-state index contributed by atoms with van der Waals surface area (Å²) in [6.07, 6.45) is 2.90. The summed E-state index contributed by atoms with van der Waals surface area (Å²) in [6.45, 7) is 3.76. The molecule has 1 aromatic heterocycles. The number of nitrogens with zero attached hydrogens (tertiary/aromatic N) is 1. The smallest absolute Gasteiger partial charge is 0.0695 e. The maximum atomic E-state index is 5.08. The van der Waals surface area contributed by atoms with Crippen molar-refractivity contribution in [1.82, 2.24) is 15.5 Å². The molecule has 0 aliphatic heterocycles. The lowest BCUT2D eigenvalue weighted by Gasteiger charge is -2.13. The molecule has 1 aromatic carbocycles. The van der Waals surface area contributed by atoms with E-state index in [1.54, 1.807) is 7.11 Å². The van der Waals surface area contributed by atoms with Gasteiger partial charge < -0.3 is 10.1 Å². The minimum atomic E-state index is 0.429. The minimum absolute atomic E-state index is 0.429. The fourth-order valence-electron chi connectivity index (χ4n) is 1.98. The summed E-state index contributed by atoms with van der Waals surface area (Å²) in [5.74, 6) is 0. The van der Waals surface area contributed by atoms with Crippen molar-refractivity contribution in [2.24, 2.45) is 0 Å². The molecule has 2 N–H and O–H groups in total. The van der Waals surface area contributed by atoms with E-state index in [-0.39, 0.29) is 0 Å². The first kappa shape index (κ1) is 13.8. The zero-order chi connectivity index (χ0) is 13.5. The van der Waals surface area contributed by atoms with Crippen molar-refractivity contribution in [1.29, 1.82) is 0 Å². The summed E-state index contributed by atoms with van der Waals surface area (Å²) < 4.78 is 5.08. The first-order valence-electron chi connectivity index (χ1n) is 6.61. The third kappa shape index (κ3) is 3.91. The first-order chi connectivity index (χ1) is 9.31. The zero-order valence-electron chi connectivity index (χ0n) is 11.5. The van der Waals surface area contributed by atoms with Crippen LogP contribution in [0.2, 0.25) is 0 Å². The molecule has 0 aliphatic carbocycles. The summed E-state index contributed by atoms with van der Waals surface area (Å²) in [6, 6.07) is 10.7. The van der Waals surface area contributed by atoms with E-state index in [1.165, 1.54) is 11.1 Å². The van der Waals surface area contributed by atoms with Gasteiger partial charge in [0.05, 0.1) is 11.9 Å². The number of methoxy groups -OCH3 is 1. The van der Waals surface area contributed by atoms with Crippen LogP contribution >= 0.6 is 0 Å². The molecule has 1 heterocycles. The predicted molar refractivity (Wildman–Crippen MR) is 76.8 cm³/mol. The van der Waals surface area contributed by atoms with E-state index in [9.17, 15) is 0 Å². The largest absolute Gasteiger partial charge is 0.385 e. The van der Waals surface area contributed by atoms with Gasteiger partial charge in [0, 0.05) is 31.9 Å². The van der Waals surface area contributed by atoms with Crippen LogP contribution in [0.15, 0.2) is 36.5 Å². The Kier molecular flexibility index (Phi) is 5.12. The molecule has 0 saturated carbocycles. The molecule has 4 heteroatoms. The molecule has 2 aromatic rings. The van der Waals surface area contributed by atoms with Crippen LogP contribution in [0.3, 0.4) is 0 Å². The SMILES string of the molecule is COCCC(C)NCc1cn[nH]c1-c1ccccc1. The van der Waals surface area contributed by atoms with Crippen LogP contribution in [0.25, 0.3) is 11.3 Å². The van der Waals surface area contributed by atoms with Crippen molar-refractivity contribution < 1.29 is 4.74 Å². The number of hydrogen-bond donors (Lipinski definition) is 2. The Morgan fingerprint density at radius 1 is 1.32 bits per heavy atom. The molecular weight excluding hydrogens is 238 g/mol. The van der Waals surface area contributed by atoms with Crippen LogP contribution < -0.4 is 5.32 Å². The van der Waals surface area contributed by atoms with Gasteiger partial charge in [0.2, 0.25) is 0 Å². The maximum Gasteiger partial charge on any atom is 0.0695 e. The van der Waals surface area contributed by atoms with Crippen molar-refractivity contribution in [3.8, 4) is 11.3 Å². The van der Waals surface area contributed by atoms with E-state index >= 15 is 0 Å². The Balaban J connectivity index is 1.97. The monoisotopic (exact) mass is 259 g/mol. The van der Waals surface area contributed by atoms with Crippen LogP contribution in [-0.4, -0.2) is 30.0 Å². The second kappa shape index (κ2) is 7.07. The molecule has 4 nitrogen and oxygen atoms in total. The maximum absolute atomic E-state index is 5.08. The number of rotatable bonds is 7. The molecule has 0 amide bonds. The third-order valence-electron chi connectivity index (χ3n) is 3.18. The lowest BCUT2D eigenvalue weighted by Crippen LogP contribution is -2.26. The van der Waals surface area contributed by atoms with Gasteiger partial charge in [-0.25, -0.2) is 0 Å². The van der Waals surface area contributed by atoms with Gasteiger partial charge in [0.15, 0.2) is 0 Å². The highest BCUT2D eigenvalue weighted by atomic mass is 16.5. The molecule has 0 radical (unpaired) electrons. The van der Waals surface area contributed by atoms with Crippen molar-refractivity contribution in [3.63, 3.8) is 0 Å². The van der Waals surface area contributed by atoms with Gasteiger partial charge in [-0.15, -0.1) is 0 Å². The second-order valence-electron chi connectivity index (χ2n) is 4.70. The molecule has 0 saturated heterocycles. The number of hydrogen-bond acceptors (Lipinski definition) is 3. The molecule has 2 rings (SSSR count). The van der Waals surface area contributed by atoms with Crippen LogP contribution in [0.1, 0.15) is 18.9 Å². The Morgan fingerprint density at radius 2 is 2.11 bits per heavy atom. The minimum Gasteiger partial charge on any atom is -0.385 e. The van der Waals surface area contributed by atoms with Crippen LogP contribution in [-0.2, 0) is 11.3 Å². The lowest BCUT2D eigenvalue weighted by atomic mass is 10.1. The molecule has 0 spiro atoms. The molecule has 0 aliphatic rings. The molecular formula is C15H21N3O. The van der Waals surface area contributed by atoms with Crippen LogP contribution in [0.4, 0.5) is 0 Å². The van der Waals surface area contributed by atoms with E-state index in [2.05, 4.69) is 34.6 Å². The standard InChI is InChI=1S/C15H21N3O/c1-12(8-9-19-2)16-10-14-11-17-18-15(14)13-6-4-3-5-7-13/h3-7,11-12,16H,8-10H2,1-2H3,(H,17,18). The van der Waals surface area contributed by atoms with Gasteiger partial charge in [0.1, 0.15) is 0 Å². The fourth-order valence-corrected chi connectivity index (χ4v) is 1.98. The highest BCUT2D eigenvalue weighted by Crippen LogP contribution is 2.20. The third-order valence-corrected chi connectivity index (χ3v) is 3.18. The average Bonchev–Trinajstić information content (AvgIpc) is 2.92. The highest BCUT2D eigenvalue weighted by molar-refractivity contribution is 5.62. The van der Waals surface area contributed by atoms with Crippen LogP contribution in [0.5, 0.6) is 0 Å². The summed E-state index contributed by atoms with van der Waals surface area (Å²) in [5, 5.41) is 10.7. The molecule has 1 atom stereocenters. The number of benzene rings is 1. The van der Waals surface area contributed by atoms with Gasteiger partial charge in [0.25, 0.3) is 0 Å². The topological polar surface area (TPSA) is 49.9 Å². The number of aromatic amines is 1. The van der Waals surface area contributed by atoms with E-state index in [0.29, 0.717) is 6.04 Å². The Labute approximate surface area is 114 Å².